The van der Waals surface area contributed by atoms with E-state index in [4.69, 9.17) is 4.74 Å². The second-order valence-corrected chi connectivity index (χ2v) is 3.66. The molecule has 0 radical (unpaired) electrons. The molecule has 1 aromatic rings. The number of carbonyl (C=O) groups excluding carboxylic acids is 1. The Bertz CT molecular complexity index is 336. The van der Waals surface area contributed by atoms with Crippen molar-refractivity contribution >= 4 is 5.91 Å². The minimum Gasteiger partial charge on any atom is -0.383 e. The van der Waals surface area contributed by atoms with Gasteiger partial charge in [0.05, 0.1) is 6.61 Å². The summed E-state index contributed by atoms with van der Waals surface area (Å²) < 4.78 is 4.89. The molecule has 1 amide bonds. The molecule has 0 aromatic heterocycles. The van der Waals surface area contributed by atoms with Crippen molar-refractivity contribution in [3.63, 3.8) is 0 Å². The van der Waals surface area contributed by atoms with E-state index in [1.165, 1.54) is 0 Å². The van der Waals surface area contributed by atoms with Crippen LogP contribution in [0, 0.1) is 0 Å². The molecular weight excluding hydrogens is 202 g/mol. The van der Waals surface area contributed by atoms with E-state index in [0.717, 1.165) is 24.0 Å². The summed E-state index contributed by atoms with van der Waals surface area (Å²) in [4.78, 5) is 11.8. The molecule has 0 bridgehead atoms. The normalized spacial score (nSPS) is 10.1. The van der Waals surface area contributed by atoms with E-state index in [1.807, 2.05) is 24.3 Å². The van der Waals surface area contributed by atoms with Crippen LogP contribution in [-0.4, -0.2) is 26.2 Å². The first-order chi connectivity index (χ1) is 7.79. The number of methoxy groups -OCH3 is 1. The molecule has 0 atom stereocenters. The maximum Gasteiger partial charge on any atom is 0.251 e. The van der Waals surface area contributed by atoms with Gasteiger partial charge in [0.25, 0.3) is 5.91 Å². The Kier molecular flexibility index (Phi) is 5.57. The lowest BCUT2D eigenvalue weighted by atomic mass is 10.0. The quantitative estimate of drug-likeness (QED) is 0.746. The summed E-state index contributed by atoms with van der Waals surface area (Å²) in [5, 5.41) is 2.83. The van der Waals surface area contributed by atoms with Crippen LogP contribution in [0.1, 0.15) is 29.3 Å². The van der Waals surface area contributed by atoms with Gasteiger partial charge in [0.15, 0.2) is 0 Å². The third-order valence-corrected chi connectivity index (χ3v) is 2.37. The summed E-state index contributed by atoms with van der Waals surface area (Å²) in [5.74, 6) is -0.0129. The molecule has 0 saturated heterocycles. The topological polar surface area (TPSA) is 38.3 Å². The molecule has 0 fully saturated rings. The summed E-state index contributed by atoms with van der Waals surface area (Å²) in [5.41, 5.74) is 1.89. The van der Waals surface area contributed by atoms with Gasteiger partial charge in [-0.25, -0.2) is 0 Å². The minimum atomic E-state index is -0.0129. The Morgan fingerprint density at radius 2 is 2.12 bits per heavy atom. The molecule has 88 valence electrons. The van der Waals surface area contributed by atoms with Crippen LogP contribution in [-0.2, 0) is 11.2 Å². The SMILES string of the molecule is CCCc1ccccc1C(=O)NCCOC. The van der Waals surface area contributed by atoms with Gasteiger partial charge in [-0.2, -0.15) is 0 Å². The Hall–Kier alpha value is -1.35. The highest BCUT2D eigenvalue weighted by Gasteiger charge is 2.08. The van der Waals surface area contributed by atoms with Gasteiger partial charge in [-0.1, -0.05) is 31.5 Å². The second kappa shape index (κ2) is 7.01. The van der Waals surface area contributed by atoms with Gasteiger partial charge in [0.2, 0.25) is 0 Å². The van der Waals surface area contributed by atoms with Crippen molar-refractivity contribution in [2.45, 2.75) is 19.8 Å². The van der Waals surface area contributed by atoms with Crippen LogP contribution < -0.4 is 5.32 Å². The molecule has 3 nitrogen and oxygen atoms in total. The van der Waals surface area contributed by atoms with Gasteiger partial charge in [-0.15, -0.1) is 0 Å². The molecule has 1 N–H and O–H groups in total. The van der Waals surface area contributed by atoms with Crippen LogP contribution >= 0.6 is 0 Å². The van der Waals surface area contributed by atoms with Crippen molar-refractivity contribution in [2.24, 2.45) is 0 Å². The number of hydrogen-bond acceptors (Lipinski definition) is 2. The zero-order valence-corrected chi connectivity index (χ0v) is 9.95. The number of hydrogen-bond donors (Lipinski definition) is 1. The van der Waals surface area contributed by atoms with Crippen LogP contribution in [0.5, 0.6) is 0 Å². The van der Waals surface area contributed by atoms with Gasteiger partial charge in [-0.05, 0) is 18.1 Å². The molecular formula is C13H19NO2. The van der Waals surface area contributed by atoms with Gasteiger partial charge in [0.1, 0.15) is 0 Å². The number of rotatable bonds is 6. The van der Waals surface area contributed by atoms with Gasteiger partial charge >= 0.3 is 0 Å². The highest BCUT2D eigenvalue weighted by Crippen LogP contribution is 2.10. The molecule has 1 rings (SSSR count). The number of benzene rings is 1. The molecule has 3 heteroatoms. The number of aryl methyl sites for hydroxylation is 1. The highest BCUT2D eigenvalue weighted by molar-refractivity contribution is 5.95. The lowest BCUT2D eigenvalue weighted by Gasteiger charge is -2.09. The molecule has 0 aliphatic heterocycles. The summed E-state index contributed by atoms with van der Waals surface area (Å²) in [6.07, 6.45) is 1.98. The summed E-state index contributed by atoms with van der Waals surface area (Å²) in [6, 6.07) is 7.74. The van der Waals surface area contributed by atoms with Crippen molar-refractivity contribution in [3.05, 3.63) is 35.4 Å². The third-order valence-electron chi connectivity index (χ3n) is 2.37. The Labute approximate surface area is 96.8 Å². The Morgan fingerprint density at radius 1 is 1.38 bits per heavy atom. The third kappa shape index (κ3) is 3.66. The van der Waals surface area contributed by atoms with E-state index >= 15 is 0 Å². The zero-order valence-electron chi connectivity index (χ0n) is 9.95. The molecule has 0 aliphatic carbocycles. The average Bonchev–Trinajstić information content (AvgIpc) is 2.30. The smallest absolute Gasteiger partial charge is 0.251 e. The minimum absolute atomic E-state index is 0.0129. The number of carbonyl (C=O) groups is 1. The van der Waals surface area contributed by atoms with Crippen molar-refractivity contribution in [2.75, 3.05) is 20.3 Å². The maximum atomic E-state index is 11.8. The van der Waals surface area contributed by atoms with Crippen molar-refractivity contribution in [3.8, 4) is 0 Å². The number of nitrogens with one attached hydrogen (secondary N) is 1. The van der Waals surface area contributed by atoms with E-state index in [0.29, 0.717) is 13.2 Å². The molecule has 0 spiro atoms. The number of ether oxygens (including phenoxy) is 1. The molecule has 16 heavy (non-hydrogen) atoms. The monoisotopic (exact) mass is 221 g/mol. The summed E-state index contributed by atoms with van der Waals surface area (Å²) >= 11 is 0. The Balaban J connectivity index is 2.66. The molecule has 0 saturated carbocycles. The molecule has 0 heterocycles. The fourth-order valence-electron chi connectivity index (χ4n) is 1.59. The lowest BCUT2D eigenvalue weighted by molar-refractivity contribution is 0.0936. The predicted octanol–water partition coefficient (Wildman–Crippen LogP) is 2.02. The van der Waals surface area contributed by atoms with Crippen LogP contribution in [0.3, 0.4) is 0 Å². The first-order valence-electron chi connectivity index (χ1n) is 5.64. The molecule has 0 unspecified atom stereocenters. The summed E-state index contributed by atoms with van der Waals surface area (Å²) in [7, 11) is 1.62. The maximum absolute atomic E-state index is 11.8. The molecule has 0 aliphatic rings. The average molecular weight is 221 g/mol. The standard InChI is InChI=1S/C13H19NO2/c1-3-6-11-7-4-5-8-12(11)13(15)14-9-10-16-2/h4-5,7-8H,3,6,9-10H2,1-2H3,(H,14,15). The molecule has 1 aromatic carbocycles. The van der Waals surface area contributed by atoms with E-state index in [1.54, 1.807) is 7.11 Å². The first kappa shape index (κ1) is 12.7. The van der Waals surface area contributed by atoms with E-state index in [-0.39, 0.29) is 5.91 Å². The van der Waals surface area contributed by atoms with Crippen molar-refractivity contribution in [1.82, 2.24) is 5.32 Å². The van der Waals surface area contributed by atoms with Crippen LogP contribution in [0.15, 0.2) is 24.3 Å². The van der Waals surface area contributed by atoms with Crippen LogP contribution in [0.25, 0.3) is 0 Å². The van der Waals surface area contributed by atoms with E-state index in [9.17, 15) is 4.79 Å². The lowest BCUT2D eigenvalue weighted by Crippen LogP contribution is -2.27. The van der Waals surface area contributed by atoms with Crippen LogP contribution in [0.2, 0.25) is 0 Å². The van der Waals surface area contributed by atoms with Gasteiger partial charge in [-0.3, -0.25) is 4.79 Å². The van der Waals surface area contributed by atoms with Gasteiger partial charge in [0, 0.05) is 19.2 Å². The van der Waals surface area contributed by atoms with Crippen LogP contribution in [0.4, 0.5) is 0 Å². The van der Waals surface area contributed by atoms with Crippen molar-refractivity contribution < 1.29 is 9.53 Å². The highest BCUT2D eigenvalue weighted by atomic mass is 16.5. The Morgan fingerprint density at radius 3 is 2.81 bits per heavy atom. The van der Waals surface area contributed by atoms with E-state index in [2.05, 4.69) is 12.2 Å². The van der Waals surface area contributed by atoms with Crippen molar-refractivity contribution in [1.29, 1.82) is 0 Å². The predicted molar refractivity (Wildman–Crippen MR) is 64.6 cm³/mol. The largest absolute Gasteiger partial charge is 0.383 e. The fourth-order valence-corrected chi connectivity index (χ4v) is 1.59. The zero-order chi connectivity index (χ0) is 11.8. The van der Waals surface area contributed by atoms with Gasteiger partial charge < -0.3 is 10.1 Å². The van der Waals surface area contributed by atoms with E-state index < -0.39 is 0 Å². The fraction of sp³-hybridized carbons (Fsp3) is 0.462. The number of amides is 1. The summed E-state index contributed by atoms with van der Waals surface area (Å²) in [6.45, 7) is 3.21. The first-order valence-corrected chi connectivity index (χ1v) is 5.64. The second-order valence-electron chi connectivity index (χ2n) is 3.66.